The SMILES string of the molecule is CC(C)(C)N1CC(C(=O)N2CCN(c3ncccc3Cl)CC2)CC1=O. The molecule has 0 saturated carbocycles. The van der Waals surface area contributed by atoms with Gasteiger partial charge in [-0.3, -0.25) is 9.59 Å². The van der Waals surface area contributed by atoms with E-state index in [1.807, 2.05) is 42.7 Å². The summed E-state index contributed by atoms with van der Waals surface area (Å²) in [6, 6.07) is 3.64. The number of likely N-dealkylation sites (tertiary alicyclic amines) is 1. The van der Waals surface area contributed by atoms with E-state index in [1.54, 1.807) is 6.20 Å². The molecule has 3 heterocycles. The molecule has 2 aliphatic heterocycles. The number of nitrogens with zero attached hydrogens (tertiary/aromatic N) is 4. The van der Waals surface area contributed by atoms with E-state index in [0.717, 1.165) is 5.82 Å². The van der Waals surface area contributed by atoms with Crippen LogP contribution in [0.15, 0.2) is 18.3 Å². The maximum atomic E-state index is 12.8. The Bertz CT molecular complexity index is 665. The number of hydrogen-bond donors (Lipinski definition) is 0. The molecule has 0 aromatic carbocycles. The highest BCUT2D eigenvalue weighted by Crippen LogP contribution is 2.28. The molecule has 0 spiro atoms. The van der Waals surface area contributed by atoms with Crippen LogP contribution >= 0.6 is 11.6 Å². The number of rotatable bonds is 2. The van der Waals surface area contributed by atoms with Crippen LogP contribution < -0.4 is 4.90 Å². The quantitative estimate of drug-likeness (QED) is 0.805. The first-order valence-corrected chi connectivity index (χ1v) is 9.10. The second kappa shape index (κ2) is 6.83. The number of amides is 2. The average molecular weight is 365 g/mol. The summed E-state index contributed by atoms with van der Waals surface area (Å²) in [5.74, 6) is 0.708. The van der Waals surface area contributed by atoms with Crippen molar-refractivity contribution >= 4 is 29.2 Å². The largest absolute Gasteiger partial charge is 0.352 e. The summed E-state index contributed by atoms with van der Waals surface area (Å²) in [5.41, 5.74) is -0.236. The molecule has 1 unspecified atom stereocenters. The highest BCUT2D eigenvalue weighted by molar-refractivity contribution is 6.32. The third kappa shape index (κ3) is 3.73. The summed E-state index contributed by atoms with van der Waals surface area (Å²) in [4.78, 5) is 35.2. The fraction of sp³-hybridized carbons (Fsp3) is 0.611. The third-order valence-corrected chi connectivity index (χ3v) is 5.21. The molecule has 7 heteroatoms. The molecule has 6 nitrogen and oxygen atoms in total. The van der Waals surface area contributed by atoms with Crippen LogP contribution in [0.3, 0.4) is 0 Å². The van der Waals surface area contributed by atoms with Crippen LogP contribution in [0.25, 0.3) is 0 Å². The fourth-order valence-electron chi connectivity index (χ4n) is 3.53. The third-order valence-electron chi connectivity index (χ3n) is 4.91. The zero-order valence-electron chi connectivity index (χ0n) is 15.0. The normalized spacial score (nSPS) is 21.8. The van der Waals surface area contributed by atoms with Gasteiger partial charge in [-0.25, -0.2) is 4.98 Å². The van der Waals surface area contributed by atoms with E-state index in [0.29, 0.717) is 44.2 Å². The van der Waals surface area contributed by atoms with Crippen molar-refractivity contribution in [1.29, 1.82) is 0 Å². The molecule has 2 fully saturated rings. The van der Waals surface area contributed by atoms with Gasteiger partial charge in [0.25, 0.3) is 0 Å². The summed E-state index contributed by atoms with van der Waals surface area (Å²) in [6.07, 6.45) is 2.05. The first-order chi connectivity index (χ1) is 11.8. The molecule has 0 aliphatic carbocycles. The van der Waals surface area contributed by atoms with E-state index in [2.05, 4.69) is 9.88 Å². The van der Waals surface area contributed by atoms with Gasteiger partial charge in [-0.15, -0.1) is 0 Å². The zero-order chi connectivity index (χ0) is 18.2. The van der Waals surface area contributed by atoms with E-state index >= 15 is 0 Å². The van der Waals surface area contributed by atoms with Crippen molar-refractivity contribution in [3.63, 3.8) is 0 Å². The van der Waals surface area contributed by atoms with Crippen LogP contribution in [0.1, 0.15) is 27.2 Å². The van der Waals surface area contributed by atoms with Gasteiger partial charge in [-0.2, -0.15) is 0 Å². The Morgan fingerprint density at radius 2 is 1.92 bits per heavy atom. The number of carbonyl (C=O) groups excluding carboxylic acids is 2. The molecule has 0 bridgehead atoms. The molecule has 1 aromatic heterocycles. The Balaban J connectivity index is 1.59. The number of pyridine rings is 1. The van der Waals surface area contributed by atoms with Gasteiger partial charge in [-0.1, -0.05) is 11.6 Å². The van der Waals surface area contributed by atoms with Crippen molar-refractivity contribution in [3.8, 4) is 0 Å². The molecule has 2 aliphatic rings. The number of aromatic nitrogens is 1. The van der Waals surface area contributed by atoms with Crippen molar-refractivity contribution in [3.05, 3.63) is 23.4 Å². The molecule has 2 saturated heterocycles. The minimum absolute atomic E-state index is 0.0738. The first-order valence-electron chi connectivity index (χ1n) is 8.72. The predicted molar refractivity (Wildman–Crippen MR) is 97.6 cm³/mol. The Morgan fingerprint density at radius 1 is 1.24 bits per heavy atom. The second-order valence-corrected chi connectivity index (χ2v) is 8.10. The lowest BCUT2D eigenvalue weighted by atomic mass is 10.1. The van der Waals surface area contributed by atoms with E-state index in [-0.39, 0.29) is 23.3 Å². The molecule has 3 rings (SSSR count). The van der Waals surface area contributed by atoms with E-state index in [4.69, 9.17) is 11.6 Å². The van der Waals surface area contributed by atoms with Gasteiger partial charge in [0.15, 0.2) is 0 Å². The molecule has 25 heavy (non-hydrogen) atoms. The molecular formula is C18H25ClN4O2. The van der Waals surface area contributed by atoms with Gasteiger partial charge in [0.05, 0.1) is 10.9 Å². The van der Waals surface area contributed by atoms with Crippen LogP contribution in [0.4, 0.5) is 5.82 Å². The minimum Gasteiger partial charge on any atom is -0.352 e. The summed E-state index contributed by atoms with van der Waals surface area (Å²) < 4.78 is 0. The zero-order valence-corrected chi connectivity index (χ0v) is 15.8. The summed E-state index contributed by atoms with van der Waals surface area (Å²) in [5, 5.41) is 0.629. The standard InChI is InChI=1S/C18H25ClN4O2/c1-18(2,3)23-12-13(11-15(23)24)17(25)22-9-7-21(8-10-22)16-14(19)5-4-6-20-16/h4-6,13H,7-12H2,1-3H3. The van der Waals surface area contributed by atoms with E-state index in [1.165, 1.54) is 0 Å². The number of halogens is 1. The Labute approximate surface area is 153 Å². The van der Waals surface area contributed by atoms with Gasteiger partial charge in [0, 0.05) is 50.9 Å². The van der Waals surface area contributed by atoms with Crippen molar-refractivity contribution in [2.75, 3.05) is 37.6 Å². The molecule has 0 radical (unpaired) electrons. The number of hydrogen-bond acceptors (Lipinski definition) is 4. The molecule has 1 atom stereocenters. The van der Waals surface area contributed by atoms with Gasteiger partial charge < -0.3 is 14.7 Å². The molecule has 1 aromatic rings. The lowest BCUT2D eigenvalue weighted by molar-refractivity contribution is -0.136. The highest BCUT2D eigenvalue weighted by atomic mass is 35.5. The van der Waals surface area contributed by atoms with Crippen molar-refractivity contribution in [2.24, 2.45) is 5.92 Å². The van der Waals surface area contributed by atoms with Crippen LogP contribution in [0.5, 0.6) is 0 Å². The minimum atomic E-state index is -0.236. The van der Waals surface area contributed by atoms with Crippen LogP contribution in [0, 0.1) is 5.92 Å². The monoisotopic (exact) mass is 364 g/mol. The summed E-state index contributed by atoms with van der Waals surface area (Å²) in [6.45, 7) is 9.21. The highest BCUT2D eigenvalue weighted by Gasteiger charge is 2.41. The lowest BCUT2D eigenvalue weighted by Crippen LogP contribution is -2.51. The first kappa shape index (κ1) is 18.0. The predicted octanol–water partition coefficient (Wildman–Crippen LogP) is 2.03. The molecule has 2 amide bonds. The lowest BCUT2D eigenvalue weighted by Gasteiger charge is -2.37. The Morgan fingerprint density at radius 3 is 2.48 bits per heavy atom. The van der Waals surface area contributed by atoms with Crippen molar-refractivity contribution < 1.29 is 9.59 Å². The van der Waals surface area contributed by atoms with E-state index in [9.17, 15) is 9.59 Å². The van der Waals surface area contributed by atoms with E-state index < -0.39 is 0 Å². The number of piperazine rings is 1. The average Bonchev–Trinajstić information content (AvgIpc) is 2.97. The molecule has 136 valence electrons. The van der Waals surface area contributed by atoms with Crippen LogP contribution in [-0.2, 0) is 9.59 Å². The Kier molecular flexibility index (Phi) is 4.91. The fourth-order valence-corrected chi connectivity index (χ4v) is 3.77. The maximum Gasteiger partial charge on any atom is 0.228 e. The van der Waals surface area contributed by atoms with Gasteiger partial charge in [0.2, 0.25) is 11.8 Å². The smallest absolute Gasteiger partial charge is 0.228 e. The number of carbonyl (C=O) groups is 2. The molecular weight excluding hydrogens is 340 g/mol. The summed E-state index contributed by atoms with van der Waals surface area (Å²) in [7, 11) is 0. The van der Waals surface area contributed by atoms with Gasteiger partial charge >= 0.3 is 0 Å². The molecule has 0 N–H and O–H groups in total. The number of anilines is 1. The topological polar surface area (TPSA) is 56.8 Å². The maximum absolute atomic E-state index is 12.8. The van der Waals surface area contributed by atoms with Crippen LogP contribution in [0.2, 0.25) is 5.02 Å². The van der Waals surface area contributed by atoms with Crippen molar-refractivity contribution in [1.82, 2.24) is 14.8 Å². The van der Waals surface area contributed by atoms with Gasteiger partial charge in [0.1, 0.15) is 5.82 Å². The van der Waals surface area contributed by atoms with Gasteiger partial charge in [-0.05, 0) is 32.9 Å². The van der Waals surface area contributed by atoms with Crippen molar-refractivity contribution in [2.45, 2.75) is 32.7 Å². The summed E-state index contributed by atoms with van der Waals surface area (Å²) >= 11 is 6.21. The Hall–Kier alpha value is -1.82. The second-order valence-electron chi connectivity index (χ2n) is 7.70. The van der Waals surface area contributed by atoms with Crippen LogP contribution in [-0.4, -0.2) is 64.9 Å².